The molecule has 8 heterocycles. The van der Waals surface area contributed by atoms with Crippen LogP contribution in [0, 0.1) is 69.2 Å². The lowest BCUT2D eigenvalue weighted by molar-refractivity contribution is -0.745. The van der Waals surface area contributed by atoms with E-state index in [1.54, 1.807) is 26.0 Å². The second-order valence-corrected chi connectivity index (χ2v) is 33.6. The van der Waals surface area contributed by atoms with E-state index in [0.29, 0.717) is 17.0 Å². The number of rotatable bonds is 4. The Labute approximate surface area is 660 Å². The van der Waals surface area contributed by atoms with Crippen LogP contribution in [-0.4, -0.2) is 18.7 Å². The Morgan fingerprint density at radius 3 is 0.943 bits per heavy atom. The fourth-order valence-corrected chi connectivity index (χ4v) is 17.7. The minimum absolute atomic E-state index is 0.275. The van der Waals surface area contributed by atoms with Crippen molar-refractivity contribution in [3.05, 3.63) is 283 Å². The maximum Gasteiger partial charge on any atom is 0.239 e. The SMILES string of the molecule is [2H]C([2H])([2H])C1(C([2H])([2H])[2H])c2c(-c3c(C)cccc3C)c[n+](C)n2-c2c(C)cccc2C1(C)C.[2H]C([2H])([2H])C1(C)c2cc(-c3cc(C)cc(C)c3)[n+](C)n2-c2c(C)cccc2C1(C)C.[2H]C([2H])([2H])C1(C)c2cc(-c3ccccc3)[n+](C)n2-c2c(C)cccc2C1(C)C.[2H]C([2H])([2H])c1cc(C)cc(-c2cc3n([n+]2C)-c2c(C)cccc2C(C)(C)C3(C)C([2H])([2H])[2H])c1. The zero-order valence-electron chi connectivity index (χ0n) is 84.9. The van der Waals surface area contributed by atoms with Crippen LogP contribution < -0.4 is 18.7 Å². The number of aryl methyl sites for hydroxylation is 11. The van der Waals surface area contributed by atoms with Gasteiger partial charge >= 0.3 is 0 Å². The van der Waals surface area contributed by atoms with Gasteiger partial charge in [0.1, 0.15) is 28.4 Å². The molecule has 3 unspecified atom stereocenters. The molecular formula is C98H120N8+4. The predicted octanol–water partition coefficient (Wildman–Crippen LogP) is 21.2. The molecule has 0 fully saturated rings. The average Bonchev–Trinajstić information content (AvgIpc) is 1.29. The van der Waals surface area contributed by atoms with Crippen molar-refractivity contribution in [3.63, 3.8) is 0 Å². The van der Waals surface area contributed by atoms with E-state index >= 15 is 0 Å². The summed E-state index contributed by atoms with van der Waals surface area (Å²) in [4.78, 5) is 0. The van der Waals surface area contributed by atoms with Gasteiger partial charge in [0, 0.05) is 103 Å². The number of para-hydroxylation sites is 4. The summed E-state index contributed by atoms with van der Waals surface area (Å²) in [5, 5.41) is 0. The fraction of sp³-hybridized carbons (Fsp3) is 0.388. The Morgan fingerprint density at radius 2 is 0.594 bits per heavy atom. The molecule has 0 radical (unpaired) electrons. The van der Waals surface area contributed by atoms with E-state index in [0.717, 1.165) is 135 Å². The molecule has 0 saturated heterocycles. The minimum Gasteiger partial charge on any atom is -0.124 e. The lowest BCUT2D eigenvalue weighted by atomic mass is 9.59. The highest BCUT2D eigenvalue weighted by Crippen LogP contribution is 2.56. The van der Waals surface area contributed by atoms with Gasteiger partial charge in [-0.15, -0.1) is 37.5 Å². The van der Waals surface area contributed by atoms with Gasteiger partial charge in [0.05, 0.1) is 22.6 Å². The second kappa shape index (κ2) is 25.7. The molecule has 0 bridgehead atoms. The summed E-state index contributed by atoms with van der Waals surface area (Å²) in [5.74, 6) is 0. The molecule has 0 amide bonds. The van der Waals surface area contributed by atoms with Crippen molar-refractivity contribution in [2.75, 3.05) is 0 Å². The van der Waals surface area contributed by atoms with E-state index in [9.17, 15) is 0 Å². The third-order valence-electron chi connectivity index (χ3n) is 25.3. The summed E-state index contributed by atoms with van der Waals surface area (Å²) in [6.07, 6.45) is 1.88. The molecular weight excluding hydrogens is 1290 g/mol. The van der Waals surface area contributed by atoms with Crippen LogP contribution in [0.4, 0.5) is 0 Å². The Kier molecular flexibility index (Phi) is 13.3. The summed E-state index contributed by atoms with van der Waals surface area (Å²) < 4.78 is 169. The average molecular weight is 1430 g/mol. The van der Waals surface area contributed by atoms with Crippen LogP contribution in [0.1, 0.15) is 236 Å². The van der Waals surface area contributed by atoms with Crippen molar-refractivity contribution in [3.8, 4) is 67.6 Å². The maximum atomic E-state index is 8.74. The molecule has 4 aliphatic rings. The summed E-state index contributed by atoms with van der Waals surface area (Å²) in [6.45, 7) is 25.3. The highest BCUT2D eigenvalue weighted by molar-refractivity contribution is 5.76. The normalized spacial score (nSPS) is 22.8. The van der Waals surface area contributed by atoms with Gasteiger partial charge in [-0.1, -0.05) is 254 Å². The molecule has 0 aliphatic carbocycles. The molecule has 8 nitrogen and oxygen atoms in total. The topological polar surface area (TPSA) is 35.2 Å². The first-order valence-electron chi connectivity index (χ1n) is 46.2. The van der Waals surface area contributed by atoms with Crippen molar-refractivity contribution < 1.29 is 43.4 Å². The Hall–Kier alpha value is -9.40. The zero-order valence-corrected chi connectivity index (χ0v) is 66.9. The molecule has 3 atom stereocenters. The van der Waals surface area contributed by atoms with Crippen molar-refractivity contribution in [1.29, 1.82) is 0 Å². The highest BCUT2D eigenvalue weighted by atomic mass is 15.4. The van der Waals surface area contributed by atoms with Crippen LogP contribution in [0.15, 0.2) is 182 Å². The van der Waals surface area contributed by atoms with Gasteiger partial charge in [0.15, 0.2) is 28.2 Å². The van der Waals surface area contributed by atoms with E-state index in [1.165, 1.54) is 11.1 Å². The van der Waals surface area contributed by atoms with Gasteiger partial charge in [-0.25, -0.2) is 0 Å². The summed E-state index contributed by atoms with van der Waals surface area (Å²) in [6, 6.07) is 58.2. The molecule has 4 aromatic heterocycles. The smallest absolute Gasteiger partial charge is 0.124 e. The van der Waals surface area contributed by atoms with Gasteiger partial charge < -0.3 is 0 Å². The molecule has 0 N–H and O–H groups in total. The lowest BCUT2D eigenvalue weighted by Gasteiger charge is -2.46. The van der Waals surface area contributed by atoms with Crippen LogP contribution in [0.5, 0.6) is 0 Å². The number of aromatic nitrogens is 8. The molecule has 548 valence electrons. The van der Waals surface area contributed by atoms with Gasteiger partial charge in [-0.2, -0.15) is 0 Å². The second-order valence-electron chi connectivity index (χ2n) is 33.6. The summed E-state index contributed by atoms with van der Waals surface area (Å²) in [7, 11) is 7.80. The number of nitrogens with zero attached hydrogens (tertiary/aromatic N) is 8. The van der Waals surface area contributed by atoms with Crippen LogP contribution in [0.3, 0.4) is 0 Å². The van der Waals surface area contributed by atoms with Crippen LogP contribution in [-0.2, 0) is 71.5 Å². The largest absolute Gasteiger partial charge is 0.239 e. The van der Waals surface area contributed by atoms with Gasteiger partial charge in [0.2, 0.25) is 23.3 Å². The predicted molar refractivity (Wildman–Crippen MR) is 441 cm³/mol. The van der Waals surface area contributed by atoms with Crippen LogP contribution >= 0.6 is 0 Å². The molecule has 0 spiro atoms. The number of fused-ring (bicyclic) bond motifs is 12. The number of hydrogen-bond acceptors (Lipinski definition) is 0. The first kappa shape index (κ1) is 55.1. The summed E-state index contributed by atoms with van der Waals surface area (Å²) in [5.41, 5.74) is 19.2. The monoisotopic (exact) mass is 1430 g/mol. The molecule has 12 aromatic rings. The van der Waals surface area contributed by atoms with Crippen LogP contribution in [0.2, 0.25) is 0 Å². The van der Waals surface area contributed by atoms with E-state index in [-0.39, 0.29) is 5.56 Å². The van der Waals surface area contributed by atoms with E-state index in [1.807, 2.05) is 219 Å². The quantitative estimate of drug-likeness (QED) is 0.157. The fourth-order valence-electron chi connectivity index (χ4n) is 17.7. The molecule has 106 heavy (non-hydrogen) atoms. The molecule has 8 heteroatoms. The van der Waals surface area contributed by atoms with Crippen molar-refractivity contribution >= 4 is 0 Å². The third kappa shape index (κ3) is 11.2. The van der Waals surface area contributed by atoms with Crippen molar-refractivity contribution in [1.82, 2.24) is 18.7 Å². The minimum atomic E-state index is -2.81. The summed E-state index contributed by atoms with van der Waals surface area (Å²) >= 11 is 0. The standard InChI is InChI=1S/3C25H31N2.C23H27N2/c1-16-11-9-12-17(2)21(16)19-15-26(8)27-22-18(3)13-10-14-20(22)24(4,5)25(6,7)23(19)27;2*1-16-12-17(2)14-19(13-16)21-15-22-25(6,7)24(4,5)20-11-9-10-18(3)23(20)27(22)26(21)8;1-16-11-10-14-18-21(16)25-20(23(4,5)22(18,2)3)15-19(24(25)6)17-12-8-7-9-13-17/h3*9-15H,1-8H3;7-15H,1-6H3/q4*+1/i6D3,7D3;1D3,6D3;6D3;4D3. The lowest BCUT2D eigenvalue weighted by Crippen LogP contribution is -2.51. The van der Waals surface area contributed by atoms with E-state index in [2.05, 4.69) is 141 Å². The van der Waals surface area contributed by atoms with E-state index in [4.69, 9.17) is 24.7 Å². The maximum absolute atomic E-state index is 8.74. The van der Waals surface area contributed by atoms with Crippen LogP contribution in [0.25, 0.3) is 67.6 Å². The van der Waals surface area contributed by atoms with Crippen molar-refractivity contribution in [2.45, 2.75) is 223 Å². The Bertz CT molecular complexity index is 6200. The highest BCUT2D eigenvalue weighted by Gasteiger charge is 2.55. The molecule has 0 saturated carbocycles. The Balaban J connectivity index is 0.000000142. The van der Waals surface area contributed by atoms with Gasteiger partial charge in [0.25, 0.3) is 0 Å². The van der Waals surface area contributed by atoms with Crippen molar-refractivity contribution in [2.24, 2.45) is 28.2 Å². The zero-order chi connectivity index (χ0) is 92.2. The van der Waals surface area contributed by atoms with Gasteiger partial charge in [-0.05, 0) is 167 Å². The number of benzene rings is 8. The Morgan fingerprint density at radius 1 is 0.292 bits per heavy atom. The molecule has 4 aliphatic heterocycles. The first-order chi connectivity index (χ1) is 56.9. The molecule has 8 aromatic carbocycles. The molecule has 16 rings (SSSR count). The van der Waals surface area contributed by atoms with E-state index < -0.39 is 84.4 Å². The van der Waals surface area contributed by atoms with Gasteiger partial charge in [-0.3, -0.25) is 0 Å². The number of hydrogen-bond donors (Lipinski definition) is 0. The first-order valence-corrected chi connectivity index (χ1v) is 37.2. The third-order valence-corrected chi connectivity index (χ3v) is 25.3.